The molecule has 0 bridgehead atoms. The van der Waals surface area contributed by atoms with Gasteiger partial charge in [-0.1, -0.05) is 26.0 Å². The highest BCUT2D eigenvalue weighted by atomic mass is 16.5. The van der Waals surface area contributed by atoms with E-state index >= 15 is 0 Å². The van der Waals surface area contributed by atoms with E-state index < -0.39 is 0 Å². The van der Waals surface area contributed by atoms with Gasteiger partial charge in [-0.15, -0.1) is 0 Å². The van der Waals surface area contributed by atoms with Crippen molar-refractivity contribution in [1.82, 2.24) is 14.9 Å². The number of rotatable bonds is 7. The molecule has 0 saturated carbocycles. The van der Waals surface area contributed by atoms with Gasteiger partial charge in [0.05, 0.1) is 13.7 Å². The molecule has 0 unspecified atom stereocenters. The third-order valence-electron chi connectivity index (χ3n) is 3.12. The van der Waals surface area contributed by atoms with Gasteiger partial charge < -0.3 is 14.6 Å². The molecule has 4 heteroatoms. The van der Waals surface area contributed by atoms with E-state index in [2.05, 4.69) is 40.8 Å². The van der Waals surface area contributed by atoms with Crippen LogP contribution in [0.3, 0.4) is 0 Å². The van der Waals surface area contributed by atoms with E-state index in [1.165, 1.54) is 5.56 Å². The number of benzene rings is 1. The maximum atomic E-state index is 5.26. The normalized spacial score (nSPS) is 11.0. The van der Waals surface area contributed by atoms with E-state index in [-0.39, 0.29) is 0 Å². The number of imidazole rings is 1. The number of hydrogen-bond acceptors (Lipinski definition) is 3. The number of ether oxygens (including phenoxy) is 1. The van der Waals surface area contributed by atoms with Crippen LogP contribution in [0.1, 0.15) is 25.2 Å². The van der Waals surface area contributed by atoms with Gasteiger partial charge in [0, 0.05) is 18.9 Å². The minimum Gasteiger partial charge on any atom is -0.497 e. The molecule has 1 heterocycles. The van der Waals surface area contributed by atoms with E-state index in [0.717, 1.165) is 31.2 Å². The zero-order chi connectivity index (χ0) is 14.4. The molecule has 0 aliphatic rings. The van der Waals surface area contributed by atoms with E-state index in [4.69, 9.17) is 4.74 Å². The maximum Gasteiger partial charge on any atom is 0.122 e. The van der Waals surface area contributed by atoms with Crippen LogP contribution >= 0.6 is 0 Å². The summed E-state index contributed by atoms with van der Waals surface area (Å²) in [7, 11) is 1.69. The molecular weight excluding hydrogens is 250 g/mol. The van der Waals surface area contributed by atoms with E-state index in [1.807, 2.05) is 24.5 Å². The van der Waals surface area contributed by atoms with Gasteiger partial charge in [-0.25, -0.2) is 4.98 Å². The van der Waals surface area contributed by atoms with Crippen LogP contribution in [-0.4, -0.2) is 23.2 Å². The Hall–Kier alpha value is -1.81. The Morgan fingerprint density at radius 3 is 2.95 bits per heavy atom. The van der Waals surface area contributed by atoms with Crippen LogP contribution in [-0.2, 0) is 13.1 Å². The molecule has 108 valence electrons. The maximum absolute atomic E-state index is 5.26. The van der Waals surface area contributed by atoms with Gasteiger partial charge in [0.25, 0.3) is 0 Å². The lowest BCUT2D eigenvalue weighted by Crippen LogP contribution is -2.21. The number of methoxy groups -OCH3 is 1. The lowest BCUT2D eigenvalue weighted by atomic mass is 10.2. The van der Waals surface area contributed by atoms with Crippen molar-refractivity contribution in [1.29, 1.82) is 0 Å². The number of aromatic nitrogens is 2. The summed E-state index contributed by atoms with van der Waals surface area (Å²) in [5.41, 5.74) is 1.22. The molecule has 1 aromatic carbocycles. The van der Waals surface area contributed by atoms with Crippen LogP contribution < -0.4 is 10.1 Å². The fraction of sp³-hybridized carbons (Fsp3) is 0.438. The standard InChI is InChI=1S/C16H23N3O/c1-13(2)10-17-11-16-18-7-8-19(16)12-14-5-4-6-15(9-14)20-3/h4-9,13,17H,10-12H2,1-3H3. The van der Waals surface area contributed by atoms with Crippen molar-refractivity contribution in [2.24, 2.45) is 5.92 Å². The molecule has 0 radical (unpaired) electrons. The third kappa shape index (κ3) is 4.10. The first kappa shape index (κ1) is 14.6. The van der Waals surface area contributed by atoms with Gasteiger partial charge in [-0.05, 0) is 30.2 Å². The minimum atomic E-state index is 0.650. The summed E-state index contributed by atoms with van der Waals surface area (Å²) in [5.74, 6) is 2.60. The van der Waals surface area contributed by atoms with Crippen molar-refractivity contribution >= 4 is 0 Å². The van der Waals surface area contributed by atoms with Gasteiger partial charge in [0.15, 0.2) is 0 Å². The van der Waals surface area contributed by atoms with Crippen LogP contribution in [0.2, 0.25) is 0 Å². The number of hydrogen-bond donors (Lipinski definition) is 1. The Bertz CT molecular complexity index is 534. The molecule has 4 nitrogen and oxygen atoms in total. The summed E-state index contributed by atoms with van der Waals surface area (Å²) in [6, 6.07) is 8.14. The number of nitrogens with one attached hydrogen (secondary N) is 1. The molecule has 1 aromatic heterocycles. The molecule has 0 spiro atoms. The zero-order valence-corrected chi connectivity index (χ0v) is 12.5. The van der Waals surface area contributed by atoms with Crippen LogP contribution in [0.4, 0.5) is 0 Å². The molecule has 2 rings (SSSR count). The molecule has 0 aliphatic heterocycles. The lowest BCUT2D eigenvalue weighted by molar-refractivity contribution is 0.414. The van der Waals surface area contributed by atoms with Crippen molar-refractivity contribution in [3.63, 3.8) is 0 Å². The molecular formula is C16H23N3O. The first-order chi connectivity index (χ1) is 9.69. The Morgan fingerprint density at radius 2 is 2.20 bits per heavy atom. The molecule has 1 N–H and O–H groups in total. The van der Waals surface area contributed by atoms with Gasteiger partial charge in [-0.2, -0.15) is 0 Å². The van der Waals surface area contributed by atoms with E-state index in [9.17, 15) is 0 Å². The molecule has 0 saturated heterocycles. The van der Waals surface area contributed by atoms with E-state index in [0.29, 0.717) is 5.92 Å². The highest BCUT2D eigenvalue weighted by molar-refractivity contribution is 5.28. The second-order valence-electron chi connectivity index (χ2n) is 5.35. The third-order valence-corrected chi connectivity index (χ3v) is 3.12. The first-order valence-electron chi connectivity index (χ1n) is 7.02. The molecule has 0 aliphatic carbocycles. The van der Waals surface area contributed by atoms with Gasteiger partial charge >= 0.3 is 0 Å². The molecule has 20 heavy (non-hydrogen) atoms. The van der Waals surface area contributed by atoms with Crippen molar-refractivity contribution in [3.8, 4) is 5.75 Å². The van der Waals surface area contributed by atoms with Crippen molar-refractivity contribution in [3.05, 3.63) is 48.0 Å². The first-order valence-corrected chi connectivity index (χ1v) is 7.02. The molecule has 0 amide bonds. The SMILES string of the molecule is COc1cccc(Cn2ccnc2CNCC(C)C)c1. The number of nitrogens with zero attached hydrogens (tertiary/aromatic N) is 2. The predicted molar refractivity (Wildman–Crippen MR) is 80.9 cm³/mol. The van der Waals surface area contributed by atoms with Crippen LogP contribution in [0.15, 0.2) is 36.7 Å². The van der Waals surface area contributed by atoms with Crippen molar-refractivity contribution < 1.29 is 4.74 Å². The minimum absolute atomic E-state index is 0.650. The quantitative estimate of drug-likeness (QED) is 0.843. The highest BCUT2D eigenvalue weighted by Crippen LogP contribution is 2.14. The Labute approximate surface area is 120 Å². The summed E-state index contributed by atoms with van der Waals surface area (Å²) in [4.78, 5) is 4.42. The fourth-order valence-electron chi connectivity index (χ4n) is 2.09. The fourth-order valence-corrected chi connectivity index (χ4v) is 2.09. The summed E-state index contributed by atoms with van der Waals surface area (Å²) in [5, 5.41) is 3.43. The van der Waals surface area contributed by atoms with Gasteiger partial charge in [0.2, 0.25) is 0 Å². The topological polar surface area (TPSA) is 39.1 Å². The smallest absolute Gasteiger partial charge is 0.122 e. The molecule has 2 aromatic rings. The van der Waals surface area contributed by atoms with Crippen molar-refractivity contribution in [2.45, 2.75) is 26.9 Å². The average molecular weight is 273 g/mol. The van der Waals surface area contributed by atoms with Gasteiger partial charge in [0.1, 0.15) is 11.6 Å². The summed E-state index contributed by atoms with van der Waals surface area (Å²) in [6.45, 7) is 7.03. The Kier molecular flexibility index (Phi) is 5.18. The predicted octanol–water partition coefficient (Wildman–Crippen LogP) is 2.69. The van der Waals surface area contributed by atoms with Gasteiger partial charge in [-0.3, -0.25) is 0 Å². The molecule has 0 fully saturated rings. The summed E-state index contributed by atoms with van der Waals surface area (Å²) in [6.07, 6.45) is 3.87. The second-order valence-corrected chi connectivity index (χ2v) is 5.35. The zero-order valence-electron chi connectivity index (χ0n) is 12.5. The van der Waals surface area contributed by atoms with Crippen LogP contribution in [0.5, 0.6) is 5.75 Å². The largest absolute Gasteiger partial charge is 0.497 e. The molecule has 0 atom stereocenters. The average Bonchev–Trinajstić information content (AvgIpc) is 2.86. The monoisotopic (exact) mass is 273 g/mol. The summed E-state index contributed by atoms with van der Waals surface area (Å²) >= 11 is 0. The summed E-state index contributed by atoms with van der Waals surface area (Å²) < 4.78 is 7.43. The lowest BCUT2D eigenvalue weighted by Gasteiger charge is -2.11. The van der Waals surface area contributed by atoms with Crippen LogP contribution in [0, 0.1) is 5.92 Å². The Morgan fingerprint density at radius 1 is 1.35 bits per heavy atom. The van der Waals surface area contributed by atoms with E-state index in [1.54, 1.807) is 7.11 Å². The van der Waals surface area contributed by atoms with Crippen molar-refractivity contribution in [2.75, 3.05) is 13.7 Å². The van der Waals surface area contributed by atoms with Crippen LogP contribution in [0.25, 0.3) is 0 Å². The second kappa shape index (κ2) is 7.10. The highest BCUT2D eigenvalue weighted by Gasteiger charge is 2.04. The Balaban J connectivity index is 2.00.